The quantitative estimate of drug-likeness (QED) is 0.0292. The number of aromatic amines is 3. The van der Waals surface area contributed by atoms with Gasteiger partial charge >= 0.3 is 5.97 Å². The van der Waals surface area contributed by atoms with E-state index in [1.165, 1.54) is 25.0 Å². The van der Waals surface area contributed by atoms with Gasteiger partial charge in [0.25, 0.3) is 7.41 Å². The fourth-order valence-electron chi connectivity index (χ4n) is 10.7. The van der Waals surface area contributed by atoms with Crippen molar-refractivity contribution in [3.05, 3.63) is 72.5 Å². The van der Waals surface area contributed by atoms with Crippen molar-refractivity contribution in [3.63, 3.8) is 0 Å². The number of benzene rings is 1. The number of carbonyl (C=O) groups is 14. The summed E-state index contributed by atoms with van der Waals surface area (Å²) < 4.78 is 0. The molecule has 0 spiro atoms. The average Bonchev–Trinajstić information content (AvgIpc) is 1.71. The molecule has 1 fully saturated rings. The number of fused-ring (bicyclic) bond motifs is 1. The topological polar surface area (TPSA) is 535 Å². The minimum absolute atomic E-state index is 0.0845. The summed E-state index contributed by atoms with van der Waals surface area (Å²) in [6.45, 7) is 8.67. The van der Waals surface area contributed by atoms with Gasteiger partial charge in [0.15, 0.2) is 0 Å². The van der Waals surface area contributed by atoms with Crippen molar-refractivity contribution >= 4 is 101 Å². The molecule has 0 aliphatic carbocycles. The van der Waals surface area contributed by atoms with Crippen LogP contribution in [0.2, 0.25) is 0 Å². The molecule has 3 aromatic heterocycles. The van der Waals surface area contributed by atoms with Gasteiger partial charge in [-0.2, -0.15) is 0 Å². The summed E-state index contributed by atoms with van der Waals surface area (Å²) in [4.78, 5) is 211. The number of carboxylic acid groups (broad SMARTS) is 1. The van der Waals surface area contributed by atoms with Gasteiger partial charge < -0.3 is 105 Å². The summed E-state index contributed by atoms with van der Waals surface area (Å²) in [6.07, 6.45) is 5.29. The summed E-state index contributed by atoms with van der Waals surface area (Å²) in [6, 6.07) is -5.89. The molecule has 13 atom stereocenters. The molecule has 1 aliphatic rings. The Kier molecular flexibility index (Phi) is 32.8. The number of imidazole rings is 2. The van der Waals surface area contributed by atoms with Crippen LogP contribution in [0.4, 0.5) is 0 Å². The molecule has 1 saturated heterocycles. The lowest BCUT2D eigenvalue weighted by molar-refractivity contribution is -0.139. The minimum Gasteiger partial charge on any atom is -0.481 e. The number of hydrogen-bond donors (Lipinski definition) is 19. The zero-order valence-electron chi connectivity index (χ0n) is 57.3. The first-order chi connectivity index (χ1) is 47.7. The van der Waals surface area contributed by atoms with E-state index in [0.717, 1.165) is 6.92 Å². The van der Waals surface area contributed by atoms with E-state index in [1.807, 2.05) is 0 Å². The van der Waals surface area contributed by atoms with E-state index in [9.17, 15) is 77.3 Å². The van der Waals surface area contributed by atoms with Gasteiger partial charge in [-0.25, -0.2) is 9.97 Å². The third-order valence-electron chi connectivity index (χ3n) is 17.3. The van der Waals surface area contributed by atoms with Gasteiger partial charge in [0, 0.05) is 66.6 Å². The summed E-state index contributed by atoms with van der Waals surface area (Å²) in [5.41, 5.74) is 7.21. The molecule has 100 heavy (non-hydrogen) atoms. The fourth-order valence-corrected chi connectivity index (χ4v) is 10.7. The number of nitrogens with two attached hydrogens (primary N) is 1. The Morgan fingerprint density at radius 2 is 0.960 bits per heavy atom. The zero-order chi connectivity index (χ0) is 73.6. The number of para-hydroxylation sites is 1. The van der Waals surface area contributed by atoms with Crippen LogP contribution < -0.4 is 74.8 Å². The molecule has 0 bridgehead atoms. The first-order valence-electron chi connectivity index (χ1n) is 33.5. The Bertz CT molecular complexity index is 3440. The van der Waals surface area contributed by atoms with E-state index < -0.39 is 207 Å². The van der Waals surface area contributed by atoms with Crippen LogP contribution in [0.25, 0.3) is 10.9 Å². The largest absolute Gasteiger partial charge is 0.481 e. The highest BCUT2D eigenvalue weighted by atomic mass is 16.4. The van der Waals surface area contributed by atoms with E-state index in [1.54, 1.807) is 72.0 Å². The number of unbranched alkanes of at least 4 members (excludes halogenated alkanes) is 1. The molecular formula is C64H96BN19O16. The second-order valence-electron chi connectivity index (χ2n) is 24.9. The van der Waals surface area contributed by atoms with Gasteiger partial charge in [0.05, 0.1) is 51.0 Å². The van der Waals surface area contributed by atoms with Gasteiger partial charge in [-0.05, 0) is 68.5 Å². The van der Waals surface area contributed by atoms with Crippen molar-refractivity contribution in [2.45, 2.75) is 180 Å². The van der Waals surface area contributed by atoms with Crippen LogP contribution in [0.1, 0.15) is 117 Å². The number of amides is 12. The molecule has 546 valence electrons. The van der Waals surface area contributed by atoms with Crippen molar-refractivity contribution < 1.29 is 77.3 Å². The Morgan fingerprint density at radius 1 is 0.510 bits per heavy atom. The van der Waals surface area contributed by atoms with Gasteiger partial charge in [-0.15, -0.1) is 0 Å². The lowest BCUT2D eigenvalue weighted by Crippen LogP contribution is -2.60. The second-order valence-corrected chi connectivity index (χ2v) is 24.9. The van der Waals surface area contributed by atoms with E-state index in [-0.39, 0.29) is 38.6 Å². The van der Waals surface area contributed by atoms with Crippen LogP contribution in [-0.4, -0.2) is 218 Å². The molecule has 20 N–H and O–H groups in total. The fraction of sp³-hybridized carbons (Fsp3) is 0.562. The molecule has 1 aromatic carbocycles. The Hall–Kier alpha value is -10.1. The molecule has 35 nitrogen and oxygen atoms in total. The van der Waals surface area contributed by atoms with Crippen molar-refractivity contribution in [3.8, 4) is 0 Å². The lowest BCUT2D eigenvalue weighted by Gasteiger charge is -2.29. The van der Waals surface area contributed by atoms with Crippen molar-refractivity contribution in [2.75, 3.05) is 32.7 Å². The summed E-state index contributed by atoms with van der Waals surface area (Å²) >= 11 is 0. The van der Waals surface area contributed by atoms with Gasteiger partial charge in [-0.3, -0.25) is 62.3 Å². The van der Waals surface area contributed by atoms with Crippen molar-refractivity contribution in [1.29, 1.82) is 0 Å². The predicted octanol–water partition coefficient (Wildman–Crippen LogP) is -4.65. The molecule has 4 heterocycles. The molecule has 0 unspecified atom stereocenters. The number of carboxylic acids is 1. The van der Waals surface area contributed by atoms with E-state index in [2.05, 4.69) is 93.9 Å². The molecular weight excluding hydrogens is 1300 g/mol. The van der Waals surface area contributed by atoms with Gasteiger partial charge in [0.1, 0.15) is 54.0 Å². The molecule has 0 saturated carbocycles. The number of carbonyl (C=O) groups excluding carboxylic acids is 13. The standard InChI is InChI=1S/C64H96BN19O16/c1-8-33(4)52-61(97)72-29-49(88)83-55(36(7)85)64(100)78-43(18-19-51(90)91)59(95)77-42(17-13-14-20-66)57(93)70-28-48(87)81-53(34(5)9-2)62(98)80-45(21-37-24-69-41-16-12-11-15-40(37)41)58(94)71-27-47(86)76-46(23-39-26-68-32-74-39)60(96)79-44(22-38-25-67-31-73-38)56(92)65-75-30-50(89)82-54(35(6)10-3)63(99)84-52/h11-12,15-16,24-26,31-36,42-46,52-55,65,69,75,85H,8-10,13-14,17-23,27-30,66H2,1-7H3,(H,67,73)(H,68,74)(H,70,93)(H,71,94)(H,72,97)(H,76,86)(H,77,95)(H,78,100)(H,79,96)(H,80,98)(H,81,87)(H,82,89)(H,83,88)(H,84,99)(H,90,91)/t33-,34-,35-,36+,42-,43-,44-,45-,46-,52-,53-,54-,55-/m0/s1. The van der Waals surface area contributed by atoms with Gasteiger partial charge in [0.2, 0.25) is 70.9 Å². The predicted molar refractivity (Wildman–Crippen MR) is 363 cm³/mol. The maximum atomic E-state index is 14.5. The van der Waals surface area contributed by atoms with Crippen LogP contribution in [0.15, 0.2) is 55.5 Å². The molecule has 5 rings (SSSR count). The minimum atomic E-state index is -1.83. The highest BCUT2D eigenvalue weighted by Gasteiger charge is 2.37. The summed E-state index contributed by atoms with van der Waals surface area (Å²) in [5, 5.41) is 54.4. The SMILES string of the molecule is CC[C@H](C)[C@@H]1NC(=O)CNC(=O)[C@H](CCCCN)NC(=O)[C@H](CCC(=O)O)NC(=O)[C@H]([C@@H](C)O)NC(=O)CNC(=O)[C@H]([C@@H](C)CC)NC(=O)[C@H]([C@@H](C)CC)NC(=O)CNBC(=O)[C@H](Cc2cnc[nH]2)NC(=O)[C@H](Cc2cnc[nH]2)NC(=O)CNC(=O)[C@H](Cc2c[nH]c3ccccc23)NC1=O. The van der Waals surface area contributed by atoms with Crippen LogP contribution in [0.3, 0.4) is 0 Å². The lowest BCUT2D eigenvalue weighted by atomic mass is 9.80. The number of rotatable bonds is 20. The first kappa shape index (κ1) is 80.6. The van der Waals surface area contributed by atoms with Crippen LogP contribution >= 0.6 is 0 Å². The molecule has 4 aromatic rings. The number of aliphatic hydroxyl groups excluding tert-OH is 1. The van der Waals surface area contributed by atoms with Gasteiger partial charge in [-0.1, -0.05) is 79.0 Å². The number of nitrogens with zero attached hydrogens (tertiary/aromatic N) is 2. The van der Waals surface area contributed by atoms with Crippen LogP contribution in [-0.2, 0) is 86.4 Å². The van der Waals surface area contributed by atoms with Crippen molar-refractivity contribution in [1.82, 2.24) is 93.9 Å². The summed E-state index contributed by atoms with van der Waals surface area (Å²) in [7, 11) is -0.511. The zero-order valence-corrected chi connectivity index (χ0v) is 57.3. The number of hydrogen-bond acceptors (Lipinski definition) is 19. The van der Waals surface area contributed by atoms with Crippen LogP contribution in [0, 0.1) is 17.8 Å². The van der Waals surface area contributed by atoms with E-state index in [0.29, 0.717) is 53.5 Å². The molecule has 36 heteroatoms. The average molecular weight is 1400 g/mol. The molecule has 12 amide bonds. The second kappa shape index (κ2) is 40.7. The Balaban J connectivity index is 1.50. The van der Waals surface area contributed by atoms with Crippen molar-refractivity contribution in [2.24, 2.45) is 23.5 Å². The molecule has 1 aliphatic heterocycles. The first-order valence-corrected chi connectivity index (χ1v) is 33.5. The normalized spacial score (nSPS) is 24.1. The number of aliphatic carboxylic acids is 1. The Labute approximate surface area is 578 Å². The van der Waals surface area contributed by atoms with E-state index in [4.69, 9.17) is 5.73 Å². The number of aliphatic hydroxyl groups is 1. The molecule has 0 radical (unpaired) electrons. The third-order valence-corrected chi connectivity index (χ3v) is 17.3. The highest BCUT2D eigenvalue weighted by molar-refractivity contribution is 6.73. The number of aromatic nitrogens is 5. The maximum absolute atomic E-state index is 14.5. The van der Waals surface area contributed by atoms with Crippen LogP contribution in [0.5, 0.6) is 0 Å². The number of nitrogens with one attached hydrogen (secondary N) is 16. The smallest absolute Gasteiger partial charge is 0.303 e. The monoisotopic (exact) mass is 1400 g/mol. The van der Waals surface area contributed by atoms with E-state index >= 15 is 0 Å². The third kappa shape index (κ3) is 25.6. The number of H-pyrrole nitrogens is 3. The Morgan fingerprint density at radius 3 is 1.51 bits per heavy atom. The summed E-state index contributed by atoms with van der Waals surface area (Å²) in [5.74, 6) is -14.0. The maximum Gasteiger partial charge on any atom is 0.303 e. The highest BCUT2D eigenvalue weighted by Crippen LogP contribution is 2.20.